The van der Waals surface area contributed by atoms with Gasteiger partial charge < -0.3 is 0 Å². The molecule has 0 aromatic heterocycles. The summed E-state index contributed by atoms with van der Waals surface area (Å²) in [6, 6.07) is 0. The Hall–Kier alpha value is 2.60. The zero-order valence-electron chi connectivity index (χ0n) is 1.22. The average molecular weight is 318 g/mol. The maximum Gasteiger partial charge on any atom is 0.187 e. The Morgan fingerprint density at radius 1 is 0.500 bits per heavy atom. The first-order chi connectivity index (χ1) is 0. The van der Waals surface area contributed by atoms with Crippen LogP contribution in [-0.4, -0.2) is 17.4 Å². The first-order valence-corrected chi connectivity index (χ1v) is 0. The third-order valence-corrected chi connectivity index (χ3v) is 0. The Morgan fingerprint density at radius 2 is 0.500 bits per heavy atom. The topological polar surface area (TPSA) is 0 Å². The van der Waals surface area contributed by atoms with Gasteiger partial charge in [-0.25, -0.2) is 0 Å². The van der Waals surface area contributed by atoms with E-state index in [4.69, 9.17) is 0 Å². The normalized spacial score (nSPS) is 0. The Labute approximate surface area is 79.4 Å². The second-order valence-corrected chi connectivity index (χ2v) is 0. The molecule has 0 fully saturated rings. The summed E-state index contributed by atoms with van der Waals surface area (Å²) >= 11 is 0. The van der Waals surface area contributed by atoms with E-state index in [-0.39, 0.29) is 80.6 Å². The van der Waals surface area contributed by atoms with Crippen molar-refractivity contribution < 1.29 is 63.2 Å². The van der Waals surface area contributed by atoms with E-state index in [0.717, 1.165) is 0 Å². The van der Waals surface area contributed by atoms with Crippen LogP contribution in [0.2, 0.25) is 0 Å². The van der Waals surface area contributed by atoms with Gasteiger partial charge in [-0.2, -0.15) is 0 Å². The van der Waals surface area contributed by atoms with Gasteiger partial charge in [-0.3, -0.25) is 0 Å². The second kappa shape index (κ2) is 17.5. The summed E-state index contributed by atoms with van der Waals surface area (Å²) in [6.07, 6.45) is 0. The molecular formula is H3AlMo3. The van der Waals surface area contributed by atoms with Gasteiger partial charge in [0.25, 0.3) is 0 Å². The molecule has 0 saturated heterocycles. The van der Waals surface area contributed by atoms with Crippen LogP contribution in [0.4, 0.5) is 0 Å². The van der Waals surface area contributed by atoms with E-state index >= 15 is 0 Å². The largest absolute Gasteiger partial charge is 0.187 e. The van der Waals surface area contributed by atoms with Crippen LogP contribution in [0.25, 0.3) is 0 Å². The third-order valence-electron chi connectivity index (χ3n) is 0. The molecular weight excluding hydrogens is 315 g/mol. The predicted octanol–water partition coefficient (Wildman–Crippen LogP) is -1.19. The van der Waals surface area contributed by atoms with E-state index in [2.05, 4.69) is 0 Å². The van der Waals surface area contributed by atoms with Crippen molar-refractivity contribution in [3.8, 4) is 0 Å². The molecule has 0 bridgehead atoms. The minimum absolute atomic E-state index is 0. The number of rotatable bonds is 0. The summed E-state index contributed by atoms with van der Waals surface area (Å²) in [5.41, 5.74) is 0. The zero-order chi connectivity index (χ0) is 0. The molecule has 0 aliphatic carbocycles. The van der Waals surface area contributed by atoms with E-state index in [1.54, 1.807) is 0 Å². The van der Waals surface area contributed by atoms with Crippen LogP contribution < -0.4 is 0 Å². The minimum atomic E-state index is 0. The summed E-state index contributed by atoms with van der Waals surface area (Å²) in [6.45, 7) is 0. The molecule has 0 amide bonds. The summed E-state index contributed by atoms with van der Waals surface area (Å²) in [5.74, 6) is 0. The maximum absolute atomic E-state index is 0. The fourth-order valence-electron chi connectivity index (χ4n) is 0. The van der Waals surface area contributed by atoms with Crippen molar-refractivity contribution in [3.05, 3.63) is 0 Å². The van der Waals surface area contributed by atoms with E-state index < -0.39 is 0 Å². The fraction of sp³-hybridized carbons (Fsp3) is 0. The smallest absolute Gasteiger partial charge is 0 e. The second-order valence-electron chi connectivity index (χ2n) is 0. The van der Waals surface area contributed by atoms with E-state index in [1.165, 1.54) is 0 Å². The van der Waals surface area contributed by atoms with Crippen LogP contribution in [0.1, 0.15) is 0 Å². The van der Waals surface area contributed by atoms with Crippen molar-refractivity contribution in [2.24, 2.45) is 0 Å². The van der Waals surface area contributed by atoms with Crippen LogP contribution in [-0.2, 0) is 63.2 Å². The van der Waals surface area contributed by atoms with Crippen LogP contribution in [0.3, 0.4) is 0 Å². The molecule has 0 aliphatic rings. The van der Waals surface area contributed by atoms with Crippen molar-refractivity contribution in [3.63, 3.8) is 0 Å². The Balaban J connectivity index is 0. The van der Waals surface area contributed by atoms with Gasteiger partial charge in [0.2, 0.25) is 0 Å². The molecule has 0 aliphatic heterocycles. The summed E-state index contributed by atoms with van der Waals surface area (Å²) in [5, 5.41) is 0. The molecule has 0 heterocycles. The predicted molar refractivity (Wildman–Crippen MR) is 9.94 cm³/mol. The maximum atomic E-state index is 0. The summed E-state index contributed by atoms with van der Waals surface area (Å²) < 4.78 is 0. The van der Waals surface area contributed by atoms with Crippen molar-refractivity contribution in [1.82, 2.24) is 0 Å². The fourth-order valence-corrected chi connectivity index (χ4v) is 0. The quantitative estimate of drug-likeness (QED) is 0.493. The van der Waals surface area contributed by atoms with Gasteiger partial charge >= 0.3 is 0 Å². The molecule has 4 heavy (non-hydrogen) atoms. The van der Waals surface area contributed by atoms with Gasteiger partial charge in [0.1, 0.15) is 0 Å². The number of hydrogen-bond acceptors (Lipinski definition) is 0. The van der Waals surface area contributed by atoms with E-state index in [9.17, 15) is 0 Å². The van der Waals surface area contributed by atoms with Gasteiger partial charge in [0.05, 0.1) is 0 Å². The first-order valence-electron chi connectivity index (χ1n) is 0. The molecule has 0 nitrogen and oxygen atoms in total. The van der Waals surface area contributed by atoms with Gasteiger partial charge in [0, 0.05) is 63.2 Å². The van der Waals surface area contributed by atoms with Gasteiger partial charge in [-0.1, -0.05) is 0 Å². The molecule has 0 atom stereocenters. The molecule has 0 rings (SSSR count). The molecule has 4 heteroatoms. The minimum Gasteiger partial charge on any atom is 0 e. The summed E-state index contributed by atoms with van der Waals surface area (Å²) in [7, 11) is 0. The molecule has 0 unspecified atom stereocenters. The van der Waals surface area contributed by atoms with Gasteiger partial charge in [0.15, 0.2) is 17.4 Å². The van der Waals surface area contributed by atoms with Gasteiger partial charge in [-0.15, -0.1) is 0 Å². The molecule has 24 valence electrons. The SMILES string of the molecule is [AlH3].[Mo].[Mo].[Mo]. The van der Waals surface area contributed by atoms with Crippen molar-refractivity contribution in [1.29, 1.82) is 0 Å². The Kier molecular flexibility index (Phi) is 134. The van der Waals surface area contributed by atoms with Crippen LogP contribution in [0, 0.1) is 0 Å². The standard InChI is InChI=1S/Al.3Mo.3H. The van der Waals surface area contributed by atoms with Crippen molar-refractivity contribution in [2.45, 2.75) is 0 Å². The van der Waals surface area contributed by atoms with Crippen molar-refractivity contribution >= 4 is 17.4 Å². The Morgan fingerprint density at radius 3 is 0.500 bits per heavy atom. The monoisotopic (exact) mass is 324 g/mol. The molecule has 0 N–H and O–H groups in total. The van der Waals surface area contributed by atoms with Gasteiger partial charge in [-0.05, 0) is 0 Å². The van der Waals surface area contributed by atoms with Crippen LogP contribution >= 0.6 is 0 Å². The zero-order valence-corrected chi connectivity index (χ0v) is 7.25. The average Bonchev–Trinajstić information content (AvgIpc) is 0. The Bertz CT molecular complexity index is 3.25. The molecule has 0 aromatic rings. The van der Waals surface area contributed by atoms with Crippen LogP contribution in [0.15, 0.2) is 0 Å². The van der Waals surface area contributed by atoms with Crippen molar-refractivity contribution in [2.75, 3.05) is 0 Å². The molecule has 0 saturated carbocycles. The van der Waals surface area contributed by atoms with Crippen LogP contribution in [0.5, 0.6) is 0 Å². The third kappa shape index (κ3) is 8.82. The molecule has 0 spiro atoms. The molecule has 0 radical (unpaired) electrons. The molecule has 0 aromatic carbocycles. The first kappa shape index (κ1) is 30.6. The number of hydrogen-bond donors (Lipinski definition) is 0. The van der Waals surface area contributed by atoms with E-state index in [1.807, 2.05) is 0 Å². The van der Waals surface area contributed by atoms with E-state index in [0.29, 0.717) is 0 Å². The summed E-state index contributed by atoms with van der Waals surface area (Å²) in [4.78, 5) is 0.